The lowest BCUT2D eigenvalue weighted by molar-refractivity contribution is -0.118. The average Bonchev–Trinajstić information content (AvgIpc) is 3.38. The van der Waals surface area contributed by atoms with E-state index in [0.29, 0.717) is 17.1 Å². The highest BCUT2D eigenvalue weighted by molar-refractivity contribution is 5.95. The summed E-state index contributed by atoms with van der Waals surface area (Å²) in [6, 6.07) is 11.8. The molecule has 4 aromatic heterocycles. The van der Waals surface area contributed by atoms with E-state index in [4.69, 9.17) is 4.98 Å². The molecular weight excluding hydrogens is 474 g/mol. The Labute approximate surface area is 220 Å². The first-order chi connectivity index (χ1) is 18.5. The van der Waals surface area contributed by atoms with E-state index in [0.717, 1.165) is 44.5 Å². The van der Waals surface area contributed by atoms with Crippen LogP contribution in [0.4, 0.5) is 11.4 Å². The second-order valence-corrected chi connectivity index (χ2v) is 9.08. The number of fused-ring (bicyclic) bond motifs is 1. The van der Waals surface area contributed by atoms with Crippen molar-refractivity contribution in [3.05, 3.63) is 97.3 Å². The minimum atomic E-state index is -0.127. The van der Waals surface area contributed by atoms with Crippen LogP contribution in [-0.2, 0) is 4.79 Å². The molecule has 5 aromatic rings. The molecule has 4 heterocycles. The van der Waals surface area contributed by atoms with Crippen LogP contribution in [0, 0.1) is 5.92 Å². The van der Waals surface area contributed by atoms with Gasteiger partial charge in [-0.1, -0.05) is 32.6 Å². The fourth-order valence-corrected chi connectivity index (χ4v) is 4.19. The first-order valence-electron chi connectivity index (χ1n) is 12.2. The predicted octanol–water partition coefficient (Wildman–Crippen LogP) is 5.93. The Balaban J connectivity index is 1.57. The Hall–Kier alpha value is -5.07. The van der Waals surface area contributed by atoms with Gasteiger partial charge < -0.3 is 15.6 Å². The Morgan fingerprint density at radius 3 is 2.53 bits per heavy atom. The minimum Gasteiger partial charge on any atom is -0.388 e. The average molecular weight is 502 g/mol. The largest absolute Gasteiger partial charge is 0.388 e. The third-order valence-electron chi connectivity index (χ3n) is 6.20. The number of hydrogen-bond acceptors (Lipinski definition) is 6. The van der Waals surface area contributed by atoms with E-state index in [1.807, 2.05) is 57.3 Å². The van der Waals surface area contributed by atoms with Crippen molar-refractivity contribution in [3.63, 3.8) is 0 Å². The normalized spacial score (nSPS) is 10.8. The number of amides is 1. The van der Waals surface area contributed by atoms with Crippen LogP contribution in [0.25, 0.3) is 38.9 Å². The molecule has 38 heavy (non-hydrogen) atoms. The van der Waals surface area contributed by atoms with E-state index in [9.17, 15) is 4.79 Å². The van der Waals surface area contributed by atoms with Crippen molar-refractivity contribution in [1.29, 1.82) is 0 Å². The lowest BCUT2D eigenvalue weighted by Crippen LogP contribution is -2.17. The van der Waals surface area contributed by atoms with Crippen molar-refractivity contribution in [3.8, 4) is 22.3 Å². The molecule has 0 fully saturated rings. The van der Waals surface area contributed by atoms with Gasteiger partial charge in [-0.2, -0.15) is 0 Å². The summed E-state index contributed by atoms with van der Waals surface area (Å²) < 4.78 is 0. The fourth-order valence-electron chi connectivity index (χ4n) is 4.19. The summed E-state index contributed by atoms with van der Waals surface area (Å²) in [7, 11) is 1.87. The third kappa shape index (κ3) is 4.81. The molecule has 0 unspecified atom stereocenters. The Kier molecular flexibility index (Phi) is 6.80. The minimum absolute atomic E-state index is 0.0583. The zero-order valence-corrected chi connectivity index (χ0v) is 21.4. The van der Waals surface area contributed by atoms with Gasteiger partial charge in [0.25, 0.3) is 0 Å². The van der Waals surface area contributed by atoms with Gasteiger partial charge in [-0.05, 0) is 29.8 Å². The molecule has 3 N–H and O–H groups in total. The summed E-state index contributed by atoms with van der Waals surface area (Å²) in [5.41, 5.74) is 11.4. The van der Waals surface area contributed by atoms with Gasteiger partial charge in [-0.3, -0.25) is 19.7 Å². The molecule has 0 atom stereocenters. The highest BCUT2D eigenvalue weighted by Crippen LogP contribution is 2.34. The number of nitrogens with one attached hydrogen (secondary N) is 3. The Morgan fingerprint density at radius 1 is 0.974 bits per heavy atom. The van der Waals surface area contributed by atoms with Crippen molar-refractivity contribution in [2.24, 2.45) is 5.92 Å². The van der Waals surface area contributed by atoms with Gasteiger partial charge in [-0.15, -0.1) is 5.73 Å². The van der Waals surface area contributed by atoms with Gasteiger partial charge in [0.1, 0.15) is 11.3 Å². The number of aromatic nitrogens is 5. The zero-order valence-electron chi connectivity index (χ0n) is 21.4. The van der Waals surface area contributed by atoms with Crippen LogP contribution in [-0.4, -0.2) is 37.9 Å². The van der Waals surface area contributed by atoms with Gasteiger partial charge >= 0.3 is 0 Å². The zero-order chi connectivity index (χ0) is 26.6. The molecule has 0 spiro atoms. The van der Waals surface area contributed by atoms with Gasteiger partial charge in [0, 0.05) is 65.7 Å². The van der Waals surface area contributed by atoms with Crippen LogP contribution in [0.1, 0.15) is 25.2 Å². The predicted molar refractivity (Wildman–Crippen MR) is 151 cm³/mol. The molecule has 0 aliphatic carbocycles. The molecule has 0 bridgehead atoms. The lowest BCUT2D eigenvalue weighted by atomic mass is 9.97. The number of pyridine rings is 3. The van der Waals surface area contributed by atoms with E-state index in [1.165, 1.54) is 0 Å². The molecule has 0 aliphatic rings. The maximum Gasteiger partial charge on any atom is 0.226 e. The van der Waals surface area contributed by atoms with Crippen LogP contribution in [0.5, 0.6) is 0 Å². The number of benzene rings is 1. The quantitative estimate of drug-likeness (QED) is 0.238. The molecular formula is C30H27N7O. The van der Waals surface area contributed by atoms with Crippen LogP contribution in [0.3, 0.4) is 0 Å². The van der Waals surface area contributed by atoms with E-state index in [1.54, 1.807) is 37.2 Å². The SMILES string of the molecule is C=C=C(c1nc2c(-c3cccnc3)cncc2[nH]1)c1cc(-c2cncc(NC(=O)C(C)C)c2)ccc1NC. The Bertz CT molecular complexity index is 1680. The van der Waals surface area contributed by atoms with Crippen molar-refractivity contribution in [2.45, 2.75) is 13.8 Å². The smallest absolute Gasteiger partial charge is 0.226 e. The summed E-state index contributed by atoms with van der Waals surface area (Å²) in [5.74, 6) is 0.438. The van der Waals surface area contributed by atoms with E-state index in [-0.39, 0.29) is 11.8 Å². The molecule has 0 saturated carbocycles. The number of carbonyl (C=O) groups is 1. The molecule has 1 amide bonds. The van der Waals surface area contributed by atoms with Crippen molar-refractivity contribution >= 4 is 33.9 Å². The van der Waals surface area contributed by atoms with Crippen LogP contribution < -0.4 is 10.6 Å². The molecule has 0 radical (unpaired) electrons. The number of imidazole rings is 1. The first-order valence-corrected chi connectivity index (χ1v) is 12.2. The number of aromatic amines is 1. The highest BCUT2D eigenvalue weighted by Gasteiger charge is 2.17. The van der Waals surface area contributed by atoms with Crippen molar-refractivity contribution in [2.75, 3.05) is 17.7 Å². The molecule has 1 aromatic carbocycles. The summed E-state index contributed by atoms with van der Waals surface area (Å²) in [5, 5.41) is 6.17. The van der Waals surface area contributed by atoms with Gasteiger partial charge in [0.05, 0.1) is 29.2 Å². The molecule has 0 saturated heterocycles. The van der Waals surface area contributed by atoms with E-state index < -0.39 is 0 Å². The van der Waals surface area contributed by atoms with Gasteiger partial charge in [-0.25, -0.2) is 4.98 Å². The maximum atomic E-state index is 12.2. The molecule has 8 heteroatoms. The highest BCUT2D eigenvalue weighted by atomic mass is 16.1. The number of H-pyrrole nitrogens is 1. The summed E-state index contributed by atoms with van der Waals surface area (Å²) in [6.45, 7) is 7.68. The van der Waals surface area contributed by atoms with Crippen LogP contribution >= 0.6 is 0 Å². The van der Waals surface area contributed by atoms with E-state index >= 15 is 0 Å². The van der Waals surface area contributed by atoms with Gasteiger partial charge in [0.15, 0.2) is 0 Å². The summed E-state index contributed by atoms with van der Waals surface area (Å²) >= 11 is 0. The van der Waals surface area contributed by atoms with E-state index in [2.05, 4.69) is 42.9 Å². The number of hydrogen-bond donors (Lipinski definition) is 3. The van der Waals surface area contributed by atoms with Crippen molar-refractivity contribution in [1.82, 2.24) is 24.9 Å². The molecule has 5 rings (SSSR count). The number of rotatable bonds is 7. The summed E-state index contributed by atoms with van der Waals surface area (Å²) in [6.07, 6.45) is 10.5. The number of carbonyl (C=O) groups excluding carboxylic acids is 1. The van der Waals surface area contributed by atoms with Crippen molar-refractivity contribution < 1.29 is 4.79 Å². The second kappa shape index (κ2) is 10.5. The third-order valence-corrected chi connectivity index (χ3v) is 6.20. The monoisotopic (exact) mass is 501 g/mol. The Morgan fingerprint density at radius 2 is 1.79 bits per heavy atom. The lowest BCUT2D eigenvalue weighted by Gasteiger charge is -2.13. The van der Waals surface area contributed by atoms with Gasteiger partial charge in [0.2, 0.25) is 5.91 Å². The van der Waals surface area contributed by atoms with Crippen LogP contribution in [0.2, 0.25) is 0 Å². The molecule has 8 nitrogen and oxygen atoms in total. The first kappa shape index (κ1) is 24.6. The number of nitrogens with zero attached hydrogens (tertiary/aromatic N) is 4. The molecule has 188 valence electrons. The second-order valence-electron chi connectivity index (χ2n) is 9.08. The fraction of sp³-hybridized carbons (Fsp3) is 0.133. The molecule has 0 aliphatic heterocycles. The topological polar surface area (TPSA) is 108 Å². The summed E-state index contributed by atoms with van der Waals surface area (Å²) in [4.78, 5) is 33.5. The van der Waals surface area contributed by atoms with Crippen LogP contribution in [0.15, 0.2) is 85.9 Å². The maximum absolute atomic E-state index is 12.2. The standard InChI is InChI=1S/C30H27N7O/c1-5-23(29-36-27-17-34-16-25(28(27)37-29)20-7-6-10-32-13-20)24-12-19(8-9-26(24)31-4)21-11-22(15-33-14-21)35-30(38)18(2)3/h6-18,31H,1H2,2-4H3,(H,35,38)(H,36,37). The number of anilines is 2.